The summed E-state index contributed by atoms with van der Waals surface area (Å²) in [5.74, 6) is 0. The van der Waals surface area contributed by atoms with Gasteiger partial charge in [-0.3, -0.25) is 0 Å². The number of hydrogen-bond donors (Lipinski definition) is 1. The number of benzene rings is 1. The van der Waals surface area contributed by atoms with Crippen LogP contribution < -0.4 is 5.73 Å². The van der Waals surface area contributed by atoms with Crippen molar-refractivity contribution in [3.05, 3.63) is 34.7 Å². The zero-order chi connectivity index (χ0) is 8.27. The highest BCUT2D eigenvalue weighted by atomic mass is 16.3. The molecule has 1 atom stereocenters. The van der Waals surface area contributed by atoms with Crippen LogP contribution in [-0.2, 0) is 0 Å². The zero-order valence-electron chi connectivity index (χ0n) is 6.32. The summed E-state index contributed by atoms with van der Waals surface area (Å²) >= 11 is 0. The lowest BCUT2D eigenvalue weighted by molar-refractivity contribution is 0.818. The molecule has 0 bridgehead atoms. The Balaban J connectivity index is 3.12. The lowest BCUT2D eigenvalue weighted by Crippen LogP contribution is -2.04. The van der Waals surface area contributed by atoms with Gasteiger partial charge >= 0.3 is 0 Å². The second-order valence-corrected chi connectivity index (χ2v) is 2.44. The third-order valence-electron chi connectivity index (χ3n) is 1.53. The molecular weight excluding hydrogens is 140 g/mol. The molecule has 0 aliphatic heterocycles. The van der Waals surface area contributed by atoms with Crippen molar-refractivity contribution < 1.29 is 0 Å². The molecule has 0 amide bonds. The van der Waals surface area contributed by atoms with Crippen molar-refractivity contribution in [2.75, 3.05) is 0 Å². The average molecular weight is 150 g/mol. The van der Waals surface area contributed by atoms with Crippen molar-refractivity contribution >= 4 is 5.69 Å². The molecule has 0 aliphatic carbocycles. The van der Waals surface area contributed by atoms with E-state index in [1.54, 1.807) is 18.2 Å². The van der Waals surface area contributed by atoms with Crippen LogP contribution in [0.25, 0.3) is 0 Å². The molecule has 0 aliphatic rings. The predicted molar refractivity (Wildman–Crippen MR) is 44.5 cm³/mol. The topological polar surface area (TPSA) is 55.4 Å². The number of nitrogens with two attached hydrogens (primary N) is 1. The van der Waals surface area contributed by atoms with E-state index in [4.69, 9.17) is 5.73 Å². The Bertz CT molecular complexity index is 258. The summed E-state index contributed by atoms with van der Waals surface area (Å²) < 4.78 is 0. The van der Waals surface area contributed by atoms with Crippen LogP contribution in [0.15, 0.2) is 29.4 Å². The summed E-state index contributed by atoms with van der Waals surface area (Å²) in [6, 6.07) is 6.94. The standard InChI is InChI=1S/C8H10N2O/c1-6(9)7-4-2-3-5-8(7)10-11/h2-6H,9H2,1H3/t6-/m1/s1. The minimum atomic E-state index is -0.135. The first-order chi connectivity index (χ1) is 5.25. The first-order valence-electron chi connectivity index (χ1n) is 3.43. The lowest BCUT2D eigenvalue weighted by atomic mass is 10.1. The van der Waals surface area contributed by atoms with Crippen LogP contribution in [-0.4, -0.2) is 0 Å². The van der Waals surface area contributed by atoms with Crippen LogP contribution in [0.2, 0.25) is 0 Å². The molecule has 0 fully saturated rings. The Labute approximate surface area is 65.2 Å². The fraction of sp³-hybridized carbons (Fsp3) is 0.250. The van der Waals surface area contributed by atoms with E-state index in [-0.39, 0.29) is 6.04 Å². The van der Waals surface area contributed by atoms with Crippen molar-refractivity contribution in [1.82, 2.24) is 0 Å². The molecular formula is C8H10N2O. The van der Waals surface area contributed by atoms with Crippen molar-refractivity contribution in [3.8, 4) is 0 Å². The fourth-order valence-corrected chi connectivity index (χ4v) is 0.956. The summed E-state index contributed by atoms with van der Waals surface area (Å²) in [6.07, 6.45) is 0. The van der Waals surface area contributed by atoms with Crippen molar-refractivity contribution in [2.45, 2.75) is 13.0 Å². The molecule has 11 heavy (non-hydrogen) atoms. The van der Waals surface area contributed by atoms with E-state index in [1.807, 2.05) is 13.0 Å². The Morgan fingerprint density at radius 1 is 1.45 bits per heavy atom. The van der Waals surface area contributed by atoms with Gasteiger partial charge in [-0.05, 0) is 23.7 Å². The monoisotopic (exact) mass is 150 g/mol. The van der Waals surface area contributed by atoms with Gasteiger partial charge in [0.1, 0.15) is 5.69 Å². The SMILES string of the molecule is C[C@@H](N)c1ccccc1N=O. The maximum Gasteiger partial charge on any atom is 0.112 e. The van der Waals surface area contributed by atoms with Gasteiger partial charge in [-0.15, -0.1) is 4.91 Å². The van der Waals surface area contributed by atoms with E-state index in [0.29, 0.717) is 5.69 Å². The quantitative estimate of drug-likeness (QED) is 0.656. The molecule has 1 rings (SSSR count). The third kappa shape index (κ3) is 1.62. The molecule has 1 aromatic rings. The van der Waals surface area contributed by atoms with Gasteiger partial charge in [0.25, 0.3) is 0 Å². The molecule has 1 aromatic carbocycles. The van der Waals surface area contributed by atoms with E-state index < -0.39 is 0 Å². The minimum Gasteiger partial charge on any atom is -0.324 e. The molecule has 0 saturated heterocycles. The molecule has 0 heterocycles. The minimum absolute atomic E-state index is 0.135. The first kappa shape index (κ1) is 7.88. The van der Waals surface area contributed by atoms with Gasteiger partial charge in [0.2, 0.25) is 0 Å². The van der Waals surface area contributed by atoms with Gasteiger partial charge in [-0.25, -0.2) is 0 Å². The van der Waals surface area contributed by atoms with Crippen LogP contribution in [0.1, 0.15) is 18.5 Å². The molecule has 58 valence electrons. The highest BCUT2D eigenvalue weighted by Crippen LogP contribution is 2.22. The van der Waals surface area contributed by atoms with Crippen molar-refractivity contribution in [1.29, 1.82) is 0 Å². The maximum absolute atomic E-state index is 10.2. The van der Waals surface area contributed by atoms with E-state index in [2.05, 4.69) is 5.18 Å². The normalized spacial score (nSPS) is 12.5. The van der Waals surface area contributed by atoms with E-state index in [1.165, 1.54) is 0 Å². The van der Waals surface area contributed by atoms with Gasteiger partial charge in [-0.2, -0.15) is 0 Å². The highest BCUT2D eigenvalue weighted by molar-refractivity contribution is 5.46. The predicted octanol–water partition coefficient (Wildman–Crippen LogP) is 2.10. The fourth-order valence-electron chi connectivity index (χ4n) is 0.956. The van der Waals surface area contributed by atoms with Crippen molar-refractivity contribution in [2.24, 2.45) is 10.9 Å². The zero-order valence-corrected chi connectivity index (χ0v) is 6.32. The summed E-state index contributed by atoms with van der Waals surface area (Å²) in [4.78, 5) is 10.2. The van der Waals surface area contributed by atoms with Crippen LogP contribution >= 0.6 is 0 Å². The summed E-state index contributed by atoms with van der Waals surface area (Å²) in [5.41, 5.74) is 6.82. The Morgan fingerprint density at radius 3 is 2.55 bits per heavy atom. The van der Waals surface area contributed by atoms with Crippen LogP contribution in [0.4, 0.5) is 5.69 Å². The van der Waals surface area contributed by atoms with Gasteiger partial charge in [0.15, 0.2) is 0 Å². The number of rotatable bonds is 2. The van der Waals surface area contributed by atoms with Crippen LogP contribution in [0.3, 0.4) is 0 Å². The largest absolute Gasteiger partial charge is 0.324 e. The number of nitrogens with zero attached hydrogens (tertiary/aromatic N) is 1. The second kappa shape index (κ2) is 3.25. The van der Waals surface area contributed by atoms with Crippen LogP contribution in [0, 0.1) is 4.91 Å². The molecule has 0 saturated carbocycles. The summed E-state index contributed by atoms with van der Waals surface area (Å²) in [6.45, 7) is 1.82. The molecule has 3 nitrogen and oxygen atoms in total. The first-order valence-corrected chi connectivity index (χ1v) is 3.43. The number of hydrogen-bond acceptors (Lipinski definition) is 3. The lowest BCUT2D eigenvalue weighted by Gasteiger charge is -2.05. The maximum atomic E-state index is 10.2. The van der Waals surface area contributed by atoms with Crippen molar-refractivity contribution in [3.63, 3.8) is 0 Å². The second-order valence-electron chi connectivity index (χ2n) is 2.44. The Kier molecular flexibility index (Phi) is 2.33. The summed E-state index contributed by atoms with van der Waals surface area (Å²) in [5, 5.41) is 2.86. The van der Waals surface area contributed by atoms with Crippen LogP contribution in [0.5, 0.6) is 0 Å². The van der Waals surface area contributed by atoms with Gasteiger partial charge in [0, 0.05) is 6.04 Å². The molecule has 0 unspecified atom stereocenters. The molecule has 0 aromatic heterocycles. The van der Waals surface area contributed by atoms with Gasteiger partial charge in [0.05, 0.1) is 0 Å². The van der Waals surface area contributed by atoms with Gasteiger partial charge < -0.3 is 5.73 Å². The van der Waals surface area contributed by atoms with E-state index in [9.17, 15) is 4.91 Å². The highest BCUT2D eigenvalue weighted by Gasteiger charge is 2.04. The van der Waals surface area contributed by atoms with E-state index >= 15 is 0 Å². The Morgan fingerprint density at radius 2 is 2.09 bits per heavy atom. The number of nitroso groups, excluding NO2 is 1. The smallest absolute Gasteiger partial charge is 0.112 e. The molecule has 2 N–H and O–H groups in total. The molecule has 0 radical (unpaired) electrons. The Hall–Kier alpha value is -1.22. The summed E-state index contributed by atoms with van der Waals surface area (Å²) in [7, 11) is 0. The molecule has 0 spiro atoms. The molecule has 3 heteroatoms. The average Bonchev–Trinajstić information content (AvgIpc) is 2.04. The third-order valence-corrected chi connectivity index (χ3v) is 1.53. The van der Waals surface area contributed by atoms with Gasteiger partial charge in [-0.1, -0.05) is 18.2 Å². The van der Waals surface area contributed by atoms with E-state index in [0.717, 1.165) is 5.56 Å².